The highest BCUT2D eigenvalue weighted by Crippen LogP contribution is 2.30. The minimum Gasteiger partial charge on any atom is -0.481 e. The Bertz CT molecular complexity index is 427. The molecule has 1 N–H and O–H groups in total. The van der Waals surface area contributed by atoms with Crippen molar-refractivity contribution >= 4 is 11.7 Å². The first-order chi connectivity index (χ1) is 7.74. The van der Waals surface area contributed by atoms with Crippen LogP contribution in [0.25, 0.3) is 0 Å². The monoisotopic (exact) mass is 239 g/mol. The molecular formula is C13H18FNO2. The zero-order valence-electron chi connectivity index (χ0n) is 10.6. The van der Waals surface area contributed by atoms with E-state index < -0.39 is 11.4 Å². The number of nitrogens with zero attached hydrogens (tertiary/aromatic N) is 1. The van der Waals surface area contributed by atoms with Crippen LogP contribution in [0.2, 0.25) is 0 Å². The summed E-state index contributed by atoms with van der Waals surface area (Å²) in [5, 5.41) is 8.82. The van der Waals surface area contributed by atoms with Gasteiger partial charge < -0.3 is 10.0 Å². The van der Waals surface area contributed by atoms with E-state index in [2.05, 4.69) is 0 Å². The van der Waals surface area contributed by atoms with Gasteiger partial charge in [-0.15, -0.1) is 0 Å². The predicted molar refractivity (Wildman–Crippen MR) is 66.0 cm³/mol. The van der Waals surface area contributed by atoms with Crippen molar-refractivity contribution in [1.29, 1.82) is 0 Å². The third-order valence-electron chi connectivity index (χ3n) is 2.80. The fourth-order valence-electron chi connectivity index (χ4n) is 1.77. The lowest BCUT2D eigenvalue weighted by Gasteiger charge is -2.24. The SMILES string of the molecule is CN(C)c1ccc(C(C)(C)CC(=O)O)cc1F. The summed E-state index contributed by atoms with van der Waals surface area (Å²) in [6.07, 6.45) is -0.0201. The van der Waals surface area contributed by atoms with Crippen molar-refractivity contribution in [2.75, 3.05) is 19.0 Å². The zero-order chi connectivity index (χ0) is 13.2. The number of carboxylic acid groups (broad SMARTS) is 1. The standard InChI is InChI=1S/C13H18FNO2/c1-13(2,8-12(16)17)9-5-6-11(15(3)4)10(14)7-9/h5-7H,8H2,1-4H3,(H,16,17). The smallest absolute Gasteiger partial charge is 0.304 e. The van der Waals surface area contributed by atoms with E-state index in [1.807, 2.05) is 0 Å². The number of hydrogen-bond acceptors (Lipinski definition) is 2. The third kappa shape index (κ3) is 3.19. The molecule has 0 aliphatic heterocycles. The van der Waals surface area contributed by atoms with Crippen molar-refractivity contribution in [1.82, 2.24) is 0 Å². The van der Waals surface area contributed by atoms with Crippen molar-refractivity contribution in [2.45, 2.75) is 25.7 Å². The third-order valence-corrected chi connectivity index (χ3v) is 2.80. The van der Waals surface area contributed by atoms with Crippen LogP contribution in [0.5, 0.6) is 0 Å². The lowest BCUT2D eigenvalue weighted by molar-refractivity contribution is -0.138. The second-order valence-electron chi connectivity index (χ2n) is 5.02. The van der Waals surface area contributed by atoms with Gasteiger partial charge in [-0.25, -0.2) is 4.39 Å². The number of carboxylic acids is 1. The molecular weight excluding hydrogens is 221 g/mol. The minimum atomic E-state index is -0.882. The first-order valence-corrected chi connectivity index (χ1v) is 5.43. The van der Waals surface area contributed by atoms with E-state index in [0.29, 0.717) is 11.3 Å². The molecule has 1 aromatic carbocycles. The first kappa shape index (κ1) is 13.5. The molecule has 17 heavy (non-hydrogen) atoms. The van der Waals surface area contributed by atoms with Gasteiger partial charge in [-0.3, -0.25) is 4.79 Å². The second-order valence-corrected chi connectivity index (χ2v) is 5.02. The maximum atomic E-state index is 13.8. The summed E-state index contributed by atoms with van der Waals surface area (Å²) in [7, 11) is 3.53. The van der Waals surface area contributed by atoms with Gasteiger partial charge in [-0.1, -0.05) is 19.9 Å². The van der Waals surface area contributed by atoms with Crippen LogP contribution in [0.3, 0.4) is 0 Å². The molecule has 0 heterocycles. The molecule has 0 amide bonds. The van der Waals surface area contributed by atoms with Crippen LogP contribution in [0.4, 0.5) is 10.1 Å². The summed E-state index contributed by atoms with van der Waals surface area (Å²) in [5.41, 5.74) is 0.625. The highest BCUT2D eigenvalue weighted by atomic mass is 19.1. The van der Waals surface area contributed by atoms with Gasteiger partial charge in [0.15, 0.2) is 0 Å². The van der Waals surface area contributed by atoms with Crippen molar-refractivity contribution in [2.24, 2.45) is 0 Å². The average molecular weight is 239 g/mol. The maximum absolute atomic E-state index is 13.8. The molecule has 0 unspecified atom stereocenters. The Labute approximate surface area is 101 Å². The van der Waals surface area contributed by atoms with Gasteiger partial charge in [0.05, 0.1) is 12.1 Å². The molecule has 1 rings (SSSR count). The fourth-order valence-corrected chi connectivity index (χ4v) is 1.77. The van der Waals surface area contributed by atoms with E-state index in [-0.39, 0.29) is 12.2 Å². The Morgan fingerprint density at radius 2 is 2.00 bits per heavy atom. The van der Waals surface area contributed by atoms with Crippen LogP contribution in [-0.2, 0) is 10.2 Å². The Balaban J connectivity index is 3.08. The normalized spacial score (nSPS) is 11.4. The number of rotatable bonds is 4. The largest absolute Gasteiger partial charge is 0.481 e. The van der Waals surface area contributed by atoms with Crippen LogP contribution in [-0.4, -0.2) is 25.2 Å². The van der Waals surface area contributed by atoms with E-state index in [1.54, 1.807) is 45.0 Å². The number of hydrogen-bond donors (Lipinski definition) is 1. The van der Waals surface area contributed by atoms with Crippen LogP contribution in [0, 0.1) is 5.82 Å². The summed E-state index contributed by atoms with van der Waals surface area (Å²) in [6.45, 7) is 3.59. The minimum absolute atomic E-state index is 0.0201. The molecule has 0 aliphatic carbocycles. The molecule has 0 atom stereocenters. The van der Waals surface area contributed by atoms with E-state index in [9.17, 15) is 9.18 Å². The molecule has 0 fully saturated rings. The number of benzene rings is 1. The number of halogens is 1. The zero-order valence-corrected chi connectivity index (χ0v) is 10.6. The van der Waals surface area contributed by atoms with Crippen molar-refractivity contribution in [3.63, 3.8) is 0 Å². The number of carbonyl (C=O) groups is 1. The summed E-state index contributed by atoms with van der Waals surface area (Å²) in [5.74, 6) is -1.21. The molecule has 0 aliphatic rings. The highest BCUT2D eigenvalue weighted by Gasteiger charge is 2.25. The molecule has 0 aromatic heterocycles. The van der Waals surface area contributed by atoms with Gasteiger partial charge >= 0.3 is 5.97 Å². The van der Waals surface area contributed by atoms with Gasteiger partial charge in [0.2, 0.25) is 0 Å². The predicted octanol–water partition coefficient (Wildman–Crippen LogP) is 2.64. The van der Waals surface area contributed by atoms with Gasteiger partial charge in [-0.2, -0.15) is 0 Å². The molecule has 0 saturated carbocycles. The van der Waals surface area contributed by atoms with Crippen molar-refractivity contribution in [3.8, 4) is 0 Å². The van der Waals surface area contributed by atoms with E-state index in [1.165, 1.54) is 6.07 Å². The van der Waals surface area contributed by atoms with Crippen LogP contribution in [0.1, 0.15) is 25.8 Å². The highest BCUT2D eigenvalue weighted by molar-refractivity contribution is 5.69. The van der Waals surface area contributed by atoms with Crippen molar-refractivity contribution in [3.05, 3.63) is 29.6 Å². The topological polar surface area (TPSA) is 40.5 Å². The lowest BCUT2D eigenvalue weighted by Crippen LogP contribution is -2.22. The molecule has 0 spiro atoms. The molecule has 1 aromatic rings. The molecule has 3 nitrogen and oxygen atoms in total. The van der Waals surface area contributed by atoms with Crippen molar-refractivity contribution < 1.29 is 14.3 Å². The molecule has 94 valence electrons. The van der Waals surface area contributed by atoms with E-state index in [0.717, 1.165) is 0 Å². The Hall–Kier alpha value is -1.58. The summed E-state index contributed by atoms with van der Waals surface area (Å²) >= 11 is 0. The quantitative estimate of drug-likeness (QED) is 0.878. The Morgan fingerprint density at radius 1 is 1.41 bits per heavy atom. The van der Waals surface area contributed by atoms with Crippen LogP contribution >= 0.6 is 0 Å². The number of anilines is 1. The molecule has 0 bridgehead atoms. The van der Waals surface area contributed by atoms with Gasteiger partial charge in [0, 0.05) is 19.5 Å². The summed E-state index contributed by atoms with van der Waals surface area (Å²) < 4.78 is 13.8. The van der Waals surface area contributed by atoms with Crippen LogP contribution in [0.15, 0.2) is 18.2 Å². The van der Waals surface area contributed by atoms with Gasteiger partial charge in [-0.05, 0) is 17.7 Å². The maximum Gasteiger partial charge on any atom is 0.304 e. The van der Waals surface area contributed by atoms with E-state index in [4.69, 9.17) is 5.11 Å². The molecule has 0 saturated heterocycles. The van der Waals surface area contributed by atoms with Gasteiger partial charge in [0.1, 0.15) is 5.82 Å². The first-order valence-electron chi connectivity index (χ1n) is 5.43. The Kier molecular flexibility index (Phi) is 3.76. The molecule has 4 heteroatoms. The average Bonchev–Trinajstić information content (AvgIpc) is 2.14. The van der Waals surface area contributed by atoms with E-state index >= 15 is 0 Å². The van der Waals surface area contributed by atoms with Crippen LogP contribution < -0.4 is 4.90 Å². The van der Waals surface area contributed by atoms with Gasteiger partial charge in [0.25, 0.3) is 0 Å². The molecule has 0 radical (unpaired) electrons. The summed E-state index contributed by atoms with van der Waals surface area (Å²) in [4.78, 5) is 12.4. The fraction of sp³-hybridized carbons (Fsp3) is 0.462. The Morgan fingerprint density at radius 3 is 2.41 bits per heavy atom. The second kappa shape index (κ2) is 4.73. The lowest BCUT2D eigenvalue weighted by atomic mass is 9.81. The number of aliphatic carboxylic acids is 1. The summed E-state index contributed by atoms with van der Waals surface area (Å²) in [6, 6.07) is 4.87.